The highest BCUT2D eigenvalue weighted by Crippen LogP contribution is 2.08. The van der Waals surface area contributed by atoms with Crippen LogP contribution < -0.4 is 0 Å². The molecule has 1 N–H and O–H groups in total. The summed E-state index contributed by atoms with van der Waals surface area (Å²) in [6.07, 6.45) is 2.39. The largest absolute Gasteiger partial charge is 0.480 e. The van der Waals surface area contributed by atoms with Crippen molar-refractivity contribution in [1.29, 1.82) is 0 Å². The molecule has 0 atom stereocenters. The summed E-state index contributed by atoms with van der Waals surface area (Å²) in [5.74, 6) is -0.940. The Bertz CT molecular complexity index is 223. The average molecular weight is 170 g/mol. The maximum absolute atomic E-state index is 10.0. The van der Waals surface area contributed by atoms with Gasteiger partial charge in [-0.3, -0.25) is 0 Å². The molecule has 12 heavy (non-hydrogen) atoms. The number of aliphatic carboxylic acids is 1. The second kappa shape index (κ2) is 4.61. The van der Waals surface area contributed by atoms with E-state index in [0.717, 1.165) is 5.57 Å². The molecule has 0 unspecified atom stereocenters. The van der Waals surface area contributed by atoms with E-state index in [9.17, 15) is 4.79 Å². The molecule has 5 heteroatoms. The Balaban J connectivity index is 1.99. The summed E-state index contributed by atoms with van der Waals surface area (Å²) in [6, 6.07) is 0. The zero-order valence-corrected chi connectivity index (χ0v) is 6.56. The first-order valence-corrected chi connectivity index (χ1v) is 3.63. The zero-order chi connectivity index (χ0) is 8.81. The van der Waals surface area contributed by atoms with Crippen LogP contribution in [0.15, 0.2) is 22.0 Å². The molecule has 1 rings (SSSR count). The lowest BCUT2D eigenvalue weighted by Crippen LogP contribution is -2.08. The van der Waals surface area contributed by atoms with Crippen molar-refractivity contribution in [3.8, 4) is 0 Å². The van der Waals surface area contributed by atoms with Gasteiger partial charge in [-0.1, -0.05) is 0 Å². The van der Waals surface area contributed by atoms with Gasteiger partial charge < -0.3 is 9.84 Å². The van der Waals surface area contributed by atoms with Crippen molar-refractivity contribution in [2.24, 2.45) is 10.2 Å². The average Bonchev–Trinajstić information content (AvgIpc) is 2.49. The van der Waals surface area contributed by atoms with Crippen LogP contribution in [0.2, 0.25) is 0 Å². The first kappa shape index (κ1) is 8.86. The smallest absolute Gasteiger partial charge is 0.329 e. The van der Waals surface area contributed by atoms with E-state index in [1.54, 1.807) is 6.20 Å². The predicted octanol–water partition coefficient (Wildman–Crippen LogP) is 0.827. The van der Waals surface area contributed by atoms with Crippen molar-refractivity contribution in [3.05, 3.63) is 11.8 Å². The van der Waals surface area contributed by atoms with E-state index in [0.29, 0.717) is 19.6 Å². The molecule has 1 heterocycles. The molecule has 1 aliphatic rings. The number of hydrogen-bond donors (Lipinski definition) is 1. The van der Waals surface area contributed by atoms with E-state index in [2.05, 4.69) is 10.2 Å². The molecule has 0 fully saturated rings. The Labute approximate surface area is 69.7 Å². The molecule has 0 bridgehead atoms. The predicted molar refractivity (Wildman–Crippen MR) is 40.9 cm³/mol. The van der Waals surface area contributed by atoms with Crippen LogP contribution >= 0.6 is 0 Å². The zero-order valence-electron chi connectivity index (χ0n) is 6.56. The number of azo groups is 1. The number of ether oxygens (including phenoxy) is 1. The number of carboxylic acid groups (broad SMARTS) is 1. The number of nitrogens with zero attached hydrogens (tertiary/aromatic N) is 2. The molecule has 0 amide bonds. The maximum Gasteiger partial charge on any atom is 0.329 e. The Morgan fingerprint density at radius 1 is 1.75 bits per heavy atom. The Morgan fingerprint density at radius 3 is 3.17 bits per heavy atom. The number of carboxylic acids is 1. The van der Waals surface area contributed by atoms with E-state index in [4.69, 9.17) is 9.84 Å². The van der Waals surface area contributed by atoms with Crippen molar-refractivity contribution < 1.29 is 14.6 Å². The van der Waals surface area contributed by atoms with Gasteiger partial charge >= 0.3 is 5.97 Å². The minimum atomic E-state index is -0.940. The lowest BCUT2D eigenvalue weighted by molar-refractivity contribution is -0.142. The fourth-order valence-corrected chi connectivity index (χ4v) is 0.801. The van der Waals surface area contributed by atoms with Crippen molar-refractivity contribution in [2.75, 3.05) is 19.8 Å². The van der Waals surface area contributed by atoms with Crippen LogP contribution in [0, 0.1) is 0 Å². The fourth-order valence-electron chi connectivity index (χ4n) is 0.801. The molecule has 0 saturated carbocycles. The highest BCUT2D eigenvalue weighted by atomic mass is 16.5. The molecular formula is C7H10N2O3. The van der Waals surface area contributed by atoms with E-state index < -0.39 is 5.97 Å². The summed E-state index contributed by atoms with van der Waals surface area (Å²) in [4.78, 5) is 10.0. The molecular weight excluding hydrogens is 160 g/mol. The van der Waals surface area contributed by atoms with Gasteiger partial charge in [0.2, 0.25) is 0 Å². The minimum absolute atomic E-state index is 0.235. The third-order valence-corrected chi connectivity index (χ3v) is 1.39. The summed E-state index contributed by atoms with van der Waals surface area (Å²) in [6.45, 7) is 0.807. The van der Waals surface area contributed by atoms with Crippen molar-refractivity contribution in [3.63, 3.8) is 0 Å². The third kappa shape index (κ3) is 3.25. The van der Waals surface area contributed by atoms with Gasteiger partial charge in [0, 0.05) is 0 Å². The van der Waals surface area contributed by atoms with Gasteiger partial charge in [0.15, 0.2) is 0 Å². The molecule has 0 aromatic rings. The van der Waals surface area contributed by atoms with Crippen LogP contribution in [-0.4, -0.2) is 30.8 Å². The van der Waals surface area contributed by atoms with Crippen molar-refractivity contribution in [2.45, 2.75) is 6.42 Å². The molecule has 0 aromatic heterocycles. The van der Waals surface area contributed by atoms with Gasteiger partial charge in [-0.05, 0) is 12.0 Å². The summed E-state index contributed by atoms with van der Waals surface area (Å²) >= 11 is 0. The fraction of sp³-hybridized carbons (Fsp3) is 0.571. The maximum atomic E-state index is 10.0. The summed E-state index contributed by atoms with van der Waals surface area (Å²) in [5.41, 5.74) is 1.08. The summed E-state index contributed by atoms with van der Waals surface area (Å²) < 4.78 is 4.83. The van der Waals surface area contributed by atoms with Crippen LogP contribution in [0.5, 0.6) is 0 Å². The van der Waals surface area contributed by atoms with Crippen LogP contribution in [-0.2, 0) is 9.53 Å². The first-order chi connectivity index (χ1) is 5.79. The topological polar surface area (TPSA) is 71.2 Å². The Hall–Kier alpha value is -1.23. The monoisotopic (exact) mass is 170 g/mol. The number of hydrogen-bond acceptors (Lipinski definition) is 4. The quantitative estimate of drug-likeness (QED) is 0.621. The molecule has 1 aliphatic heterocycles. The van der Waals surface area contributed by atoms with E-state index in [1.165, 1.54) is 0 Å². The third-order valence-electron chi connectivity index (χ3n) is 1.39. The van der Waals surface area contributed by atoms with Crippen molar-refractivity contribution in [1.82, 2.24) is 0 Å². The van der Waals surface area contributed by atoms with Gasteiger partial charge in [0.1, 0.15) is 6.61 Å². The lowest BCUT2D eigenvalue weighted by atomic mass is 10.2. The molecule has 0 saturated heterocycles. The number of carbonyl (C=O) groups is 1. The van der Waals surface area contributed by atoms with Gasteiger partial charge in [0.25, 0.3) is 0 Å². The van der Waals surface area contributed by atoms with E-state index in [1.807, 2.05) is 0 Å². The summed E-state index contributed by atoms with van der Waals surface area (Å²) in [7, 11) is 0. The second-order valence-electron chi connectivity index (χ2n) is 2.40. The second-order valence-corrected chi connectivity index (χ2v) is 2.40. The molecule has 66 valence electrons. The van der Waals surface area contributed by atoms with Crippen LogP contribution in [0.4, 0.5) is 0 Å². The molecule has 0 spiro atoms. The highest BCUT2D eigenvalue weighted by Gasteiger charge is 2.02. The normalized spacial score (nSPS) is 14.8. The van der Waals surface area contributed by atoms with Crippen molar-refractivity contribution >= 4 is 5.97 Å². The lowest BCUT2D eigenvalue weighted by Gasteiger charge is -1.99. The minimum Gasteiger partial charge on any atom is -0.480 e. The van der Waals surface area contributed by atoms with E-state index >= 15 is 0 Å². The van der Waals surface area contributed by atoms with Gasteiger partial charge in [-0.25, -0.2) is 4.79 Å². The summed E-state index contributed by atoms with van der Waals surface area (Å²) in [5, 5.41) is 15.6. The van der Waals surface area contributed by atoms with Crippen LogP contribution in [0.25, 0.3) is 0 Å². The SMILES string of the molecule is O=C(O)COCCC1=CN=NC1. The van der Waals surface area contributed by atoms with Crippen LogP contribution in [0.1, 0.15) is 6.42 Å². The molecule has 5 nitrogen and oxygen atoms in total. The van der Waals surface area contributed by atoms with Gasteiger partial charge in [-0.15, -0.1) is 0 Å². The molecule has 0 aromatic carbocycles. The van der Waals surface area contributed by atoms with Gasteiger partial charge in [0.05, 0.1) is 19.4 Å². The first-order valence-electron chi connectivity index (χ1n) is 3.63. The Morgan fingerprint density at radius 2 is 2.58 bits per heavy atom. The highest BCUT2D eigenvalue weighted by molar-refractivity contribution is 5.67. The number of rotatable bonds is 5. The molecule has 0 aliphatic carbocycles. The van der Waals surface area contributed by atoms with Crippen LogP contribution in [0.3, 0.4) is 0 Å². The standard InChI is InChI=1S/C7H10N2O3/c10-7(11)5-12-2-1-6-3-8-9-4-6/h3H,1-2,4-5H2,(H,10,11). The molecule has 0 radical (unpaired) electrons. The Kier molecular flexibility index (Phi) is 3.40. The van der Waals surface area contributed by atoms with E-state index in [-0.39, 0.29) is 6.61 Å². The van der Waals surface area contributed by atoms with Gasteiger partial charge in [-0.2, -0.15) is 10.2 Å².